The normalized spacial score (nSPS) is 9.69. The average Bonchev–Trinajstić information content (AvgIpc) is 2.27. The van der Waals surface area contributed by atoms with E-state index in [2.05, 4.69) is 0 Å². The summed E-state index contributed by atoms with van der Waals surface area (Å²) in [7, 11) is 1.45. The van der Waals surface area contributed by atoms with E-state index in [0.717, 1.165) is 0 Å². The van der Waals surface area contributed by atoms with Crippen LogP contribution in [-0.4, -0.2) is 26.0 Å². The molecule has 1 aromatic carbocycles. The summed E-state index contributed by atoms with van der Waals surface area (Å²) in [5.41, 5.74) is 1.51. The van der Waals surface area contributed by atoms with E-state index in [1.807, 2.05) is 0 Å². The molecule has 86 valence electrons. The molecule has 0 unspecified atom stereocenters. The van der Waals surface area contributed by atoms with Gasteiger partial charge in [0.1, 0.15) is 17.6 Å². The number of carbonyl (C=O) groups excluding carboxylic acids is 2. The first-order valence-electron chi connectivity index (χ1n) is 4.95. The fraction of sp³-hybridized carbons (Fsp3) is 0.333. The van der Waals surface area contributed by atoms with Gasteiger partial charge in [0.2, 0.25) is 0 Å². The van der Waals surface area contributed by atoms with E-state index in [9.17, 15) is 9.59 Å². The van der Waals surface area contributed by atoms with E-state index in [-0.39, 0.29) is 0 Å². The minimum Gasteiger partial charge on any atom is -0.496 e. The number of hydrogen-bond donors (Lipinski definition) is 0. The number of ether oxygens (including phenoxy) is 2. The second-order valence-electron chi connectivity index (χ2n) is 3.25. The number of aldehydes is 1. The van der Waals surface area contributed by atoms with Crippen LogP contribution >= 0.6 is 0 Å². The molecule has 4 nitrogen and oxygen atoms in total. The van der Waals surface area contributed by atoms with Gasteiger partial charge < -0.3 is 9.47 Å². The SMILES string of the molecule is CCOC(=O)c1c(C)cc(C=O)cc1OC. The Labute approximate surface area is 94.2 Å². The molecule has 1 rings (SSSR count). The van der Waals surface area contributed by atoms with Gasteiger partial charge in [-0.3, -0.25) is 4.79 Å². The van der Waals surface area contributed by atoms with Gasteiger partial charge in [0.15, 0.2) is 0 Å². The Morgan fingerprint density at radius 3 is 2.62 bits per heavy atom. The molecule has 0 radical (unpaired) electrons. The summed E-state index contributed by atoms with van der Waals surface area (Å²) in [6.45, 7) is 3.78. The average molecular weight is 222 g/mol. The summed E-state index contributed by atoms with van der Waals surface area (Å²) in [4.78, 5) is 22.3. The first-order chi connectivity index (χ1) is 7.63. The van der Waals surface area contributed by atoms with Crippen molar-refractivity contribution in [1.29, 1.82) is 0 Å². The molecule has 0 bridgehead atoms. The summed E-state index contributed by atoms with van der Waals surface area (Å²) < 4.78 is 9.99. The number of rotatable bonds is 4. The predicted molar refractivity (Wildman–Crippen MR) is 59.1 cm³/mol. The molecule has 0 saturated heterocycles. The van der Waals surface area contributed by atoms with Gasteiger partial charge >= 0.3 is 5.97 Å². The van der Waals surface area contributed by atoms with Gasteiger partial charge in [-0.1, -0.05) is 0 Å². The van der Waals surface area contributed by atoms with Crippen molar-refractivity contribution in [3.05, 3.63) is 28.8 Å². The Kier molecular flexibility index (Phi) is 4.05. The fourth-order valence-electron chi connectivity index (χ4n) is 1.48. The topological polar surface area (TPSA) is 52.6 Å². The highest BCUT2D eigenvalue weighted by atomic mass is 16.5. The minimum atomic E-state index is -0.436. The van der Waals surface area contributed by atoms with Gasteiger partial charge in [-0.15, -0.1) is 0 Å². The first kappa shape index (κ1) is 12.2. The van der Waals surface area contributed by atoms with Gasteiger partial charge in [0.05, 0.1) is 13.7 Å². The highest BCUT2D eigenvalue weighted by molar-refractivity contribution is 5.95. The van der Waals surface area contributed by atoms with Crippen LogP contribution in [0.15, 0.2) is 12.1 Å². The van der Waals surface area contributed by atoms with Gasteiger partial charge in [-0.2, -0.15) is 0 Å². The molecule has 0 atom stereocenters. The summed E-state index contributed by atoms with van der Waals surface area (Å²) in [6, 6.07) is 3.15. The summed E-state index contributed by atoms with van der Waals surface area (Å²) in [5, 5.41) is 0. The Morgan fingerprint density at radius 1 is 1.44 bits per heavy atom. The van der Waals surface area contributed by atoms with Crippen LogP contribution in [0.1, 0.15) is 33.2 Å². The third kappa shape index (κ3) is 2.39. The van der Waals surface area contributed by atoms with Crippen LogP contribution in [0.5, 0.6) is 5.75 Å². The highest BCUT2D eigenvalue weighted by Crippen LogP contribution is 2.24. The van der Waals surface area contributed by atoms with Crippen LogP contribution in [0.4, 0.5) is 0 Å². The number of aryl methyl sites for hydroxylation is 1. The maximum Gasteiger partial charge on any atom is 0.342 e. The second-order valence-corrected chi connectivity index (χ2v) is 3.25. The minimum absolute atomic E-state index is 0.302. The van der Waals surface area contributed by atoms with Crippen LogP contribution in [0.25, 0.3) is 0 Å². The summed E-state index contributed by atoms with van der Waals surface area (Å²) >= 11 is 0. The zero-order chi connectivity index (χ0) is 12.1. The van der Waals surface area contributed by atoms with Crippen LogP contribution in [0.3, 0.4) is 0 Å². The molecule has 4 heteroatoms. The maximum atomic E-state index is 11.7. The monoisotopic (exact) mass is 222 g/mol. The second kappa shape index (κ2) is 5.30. The lowest BCUT2D eigenvalue weighted by atomic mass is 10.0. The van der Waals surface area contributed by atoms with Crippen LogP contribution in [-0.2, 0) is 4.74 Å². The van der Waals surface area contributed by atoms with Crippen LogP contribution < -0.4 is 4.74 Å². The molecule has 0 aliphatic rings. The fourth-order valence-corrected chi connectivity index (χ4v) is 1.48. The van der Waals surface area contributed by atoms with Crippen molar-refractivity contribution in [2.45, 2.75) is 13.8 Å². The Hall–Kier alpha value is -1.84. The Balaban J connectivity index is 3.26. The van der Waals surface area contributed by atoms with Crippen molar-refractivity contribution in [2.75, 3.05) is 13.7 Å². The van der Waals surface area contributed by atoms with Gasteiger partial charge in [0, 0.05) is 5.56 Å². The molecular weight excluding hydrogens is 208 g/mol. The zero-order valence-corrected chi connectivity index (χ0v) is 9.57. The van der Waals surface area contributed by atoms with Crippen LogP contribution in [0.2, 0.25) is 0 Å². The Morgan fingerprint density at radius 2 is 2.12 bits per heavy atom. The number of benzene rings is 1. The van der Waals surface area contributed by atoms with Crippen molar-refractivity contribution >= 4 is 12.3 Å². The van der Waals surface area contributed by atoms with E-state index in [4.69, 9.17) is 9.47 Å². The molecule has 0 fully saturated rings. The lowest BCUT2D eigenvalue weighted by Gasteiger charge is -2.11. The quantitative estimate of drug-likeness (QED) is 0.577. The number of methoxy groups -OCH3 is 1. The van der Waals surface area contributed by atoms with Crippen molar-refractivity contribution in [2.24, 2.45) is 0 Å². The number of carbonyl (C=O) groups is 2. The molecule has 0 heterocycles. The van der Waals surface area contributed by atoms with Gasteiger partial charge in [-0.05, 0) is 31.5 Å². The van der Waals surface area contributed by atoms with Gasteiger partial charge in [-0.25, -0.2) is 4.79 Å². The molecule has 0 spiro atoms. The van der Waals surface area contributed by atoms with Crippen molar-refractivity contribution in [3.63, 3.8) is 0 Å². The zero-order valence-electron chi connectivity index (χ0n) is 9.57. The Bertz CT molecular complexity index is 410. The lowest BCUT2D eigenvalue weighted by Crippen LogP contribution is -2.09. The largest absolute Gasteiger partial charge is 0.496 e. The predicted octanol–water partition coefficient (Wildman–Crippen LogP) is 1.99. The third-order valence-corrected chi connectivity index (χ3v) is 2.16. The number of hydrogen-bond acceptors (Lipinski definition) is 4. The molecule has 0 amide bonds. The molecule has 0 N–H and O–H groups in total. The summed E-state index contributed by atoms with van der Waals surface area (Å²) in [6.07, 6.45) is 0.713. The molecule has 0 aliphatic carbocycles. The molecule has 0 aliphatic heterocycles. The van der Waals surface area contributed by atoms with Crippen molar-refractivity contribution in [1.82, 2.24) is 0 Å². The van der Waals surface area contributed by atoms with E-state index >= 15 is 0 Å². The maximum absolute atomic E-state index is 11.7. The molecule has 16 heavy (non-hydrogen) atoms. The van der Waals surface area contributed by atoms with Crippen molar-refractivity contribution in [3.8, 4) is 5.75 Å². The summed E-state index contributed by atoms with van der Waals surface area (Å²) in [5.74, 6) is -0.0742. The van der Waals surface area contributed by atoms with E-state index in [1.165, 1.54) is 13.2 Å². The molecule has 0 saturated carbocycles. The first-order valence-corrected chi connectivity index (χ1v) is 4.95. The smallest absolute Gasteiger partial charge is 0.342 e. The van der Waals surface area contributed by atoms with Crippen molar-refractivity contribution < 1.29 is 19.1 Å². The highest BCUT2D eigenvalue weighted by Gasteiger charge is 2.17. The standard InChI is InChI=1S/C12H14O4/c1-4-16-12(14)11-8(2)5-9(7-13)6-10(11)15-3/h5-7H,4H2,1-3H3. The third-order valence-electron chi connectivity index (χ3n) is 2.16. The van der Waals surface area contributed by atoms with E-state index in [1.54, 1.807) is 19.9 Å². The van der Waals surface area contributed by atoms with E-state index in [0.29, 0.717) is 35.3 Å². The molecular formula is C12H14O4. The number of esters is 1. The molecule has 1 aromatic rings. The van der Waals surface area contributed by atoms with Gasteiger partial charge in [0.25, 0.3) is 0 Å². The van der Waals surface area contributed by atoms with Crippen LogP contribution in [0, 0.1) is 6.92 Å². The van der Waals surface area contributed by atoms with E-state index < -0.39 is 5.97 Å². The lowest BCUT2D eigenvalue weighted by molar-refractivity contribution is 0.0521. The molecule has 0 aromatic heterocycles.